The number of hydrogen-bond acceptors (Lipinski definition) is 8. The SMILES string of the molecule is CCOC(=O)c1cc(C(C)C)sc1NC(=O)COC(=O)/C=C/c1ccc(O)c(OC)c1. The monoisotopic (exact) mass is 447 g/mol. The minimum atomic E-state index is -0.721. The molecule has 0 aliphatic heterocycles. The van der Waals surface area contributed by atoms with Crippen molar-refractivity contribution in [2.24, 2.45) is 0 Å². The number of esters is 2. The number of rotatable bonds is 9. The molecule has 0 aliphatic rings. The fraction of sp³-hybridized carbons (Fsp3) is 0.318. The maximum Gasteiger partial charge on any atom is 0.341 e. The number of anilines is 1. The zero-order valence-electron chi connectivity index (χ0n) is 17.8. The van der Waals surface area contributed by atoms with E-state index in [2.05, 4.69) is 5.32 Å². The van der Waals surface area contributed by atoms with Crippen LogP contribution >= 0.6 is 11.3 Å². The Kier molecular flexibility index (Phi) is 8.63. The van der Waals surface area contributed by atoms with Gasteiger partial charge in [-0.25, -0.2) is 9.59 Å². The molecular weight excluding hydrogens is 422 g/mol. The van der Waals surface area contributed by atoms with Crippen molar-refractivity contribution in [3.8, 4) is 11.5 Å². The number of methoxy groups -OCH3 is 1. The summed E-state index contributed by atoms with van der Waals surface area (Å²) in [6, 6.07) is 6.27. The fourth-order valence-electron chi connectivity index (χ4n) is 2.46. The zero-order valence-corrected chi connectivity index (χ0v) is 18.6. The molecule has 1 amide bonds. The van der Waals surface area contributed by atoms with Crippen LogP contribution < -0.4 is 10.1 Å². The van der Waals surface area contributed by atoms with Crippen molar-refractivity contribution in [3.63, 3.8) is 0 Å². The zero-order chi connectivity index (χ0) is 23.0. The number of thiophene rings is 1. The van der Waals surface area contributed by atoms with Crippen LogP contribution in [0, 0.1) is 0 Å². The lowest BCUT2D eigenvalue weighted by atomic mass is 10.1. The third-order valence-electron chi connectivity index (χ3n) is 4.03. The molecule has 0 radical (unpaired) electrons. The minimum Gasteiger partial charge on any atom is -0.504 e. The molecule has 0 spiro atoms. The van der Waals surface area contributed by atoms with Crippen LogP contribution in [0.15, 0.2) is 30.3 Å². The Morgan fingerprint density at radius 2 is 1.94 bits per heavy atom. The summed E-state index contributed by atoms with van der Waals surface area (Å²) in [6.45, 7) is 5.36. The molecule has 2 aromatic rings. The molecule has 0 unspecified atom stereocenters. The molecule has 1 heterocycles. The second-order valence-corrected chi connectivity index (χ2v) is 7.77. The lowest BCUT2D eigenvalue weighted by Crippen LogP contribution is -2.20. The molecule has 166 valence electrons. The second-order valence-electron chi connectivity index (χ2n) is 6.69. The highest BCUT2D eigenvalue weighted by atomic mass is 32.1. The highest BCUT2D eigenvalue weighted by Crippen LogP contribution is 2.33. The van der Waals surface area contributed by atoms with Gasteiger partial charge in [0.2, 0.25) is 0 Å². The van der Waals surface area contributed by atoms with Crippen LogP contribution in [-0.2, 0) is 19.1 Å². The highest BCUT2D eigenvalue weighted by Gasteiger charge is 2.20. The molecule has 31 heavy (non-hydrogen) atoms. The Bertz CT molecular complexity index is 978. The molecule has 9 heteroatoms. The molecule has 0 atom stereocenters. The molecular formula is C22H25NO7S. The van der Waals surface area contributed by atoms with Gasteiger partial charge < -0.3 is 24.6 Å². The first-order valence-electron chi connectivity index (χ1n) is 9.57. The largest absolute Gasteiger partial charge is 0.504 e. The van der Waals surface area contributed by atoms with Crippen molar-refractivity contribution in [1.82, 2.24) is 0 Å². The van der Waals surface area contributed by atoms with Crippen molar-refractivity contribution in [1.29, 1.82) is 0 Å². The number of carbonyl (C=O) groups excluding carboxylic acids is 3. The minimum absolute atomic E-state index is 0.0183. The van der Waals surface area contributed by atoms with Gasteiger partial charge in [-0.2, -0.15) is 0 Å². The Balaban J connectivity index is 1.97. The van der Waals surface area contributed by atoms with E-state index in [4.69, 9.17) is 14.2 Å². The molecule has 0 aliphatic carbocycles. The van der Waals surface area contributed by atoms with Gasteiger partial charge in [-0.15, -0.1) is 11.3 Å². The number of aromatic hydroxyl groups is 1. The Labute approximate surface area is 184 Å². The molecule has 2 rings (SSSR count). The summed E-state index contributed by atoms with van der Waals surface area (Å²) in [6.07, 6.45) is 2.63. The summed E-state index contributed by atoms with van der Waals surface area (Å²) in [7, 11) is 1.42. The van der Waals surface area contributed by atoms with Crippen molar-refractivity contribution >= 4 is 40.3 Å². The van der Waals surface area contributed by atoms with Crippen LogP contribution in [0.2, 0.25) is 0 Å². The van der Waals surface area contributed by atoms with Crippen molar-refractivity contribution in [2.75, 3.05) is 25.6 Å². The average Bonchev–Trinajstić information content (AvgIpc) is 3.16. The predicted molar refractivity (Wildman–Crippen MR) is 118 cm³/mol. The first kappa shape index (κ1) is 23.9. The van der Waals surface area contributed by atoms with Crippen molar-refractivity contribution < 1.29 is 33.7 Å². The predicted octanol–water partition coefficient (Wildman–Crippen LogP) is 3.96. The number of phenolic OH excluding ortho intramolecular Hbond substituents is 1. The number of nitrogens with one attached hydrogen (secondary N) is 1. The van der Waals surface area contributed by atoms with Gasteiger partial charge in [0, 0.05) is 11.0 Å². The van der Waals surface area contributed by atoms with Gasteiger partial charge in [0.05, 0.1) is 19.3 Å². The normalized spacial score (nSPS) is 10.9. The average molecular weight is 448 g/mol. The van der Waals surface area contributed by atoms with E-state index >= 15 is 0 Å². The number of phenols is 1. The van der Waals surface area contributed by atoms with Gasteiger partial charge in [-0.05, 0) is 42.7 Å². The van der Waals surface area contributed by atoms with E-state index in [1.165, 1.54) is 30.6 Å². The lowest BCUT2D eigenvalue weighted by Gasteiger charge is -2.06. The highest BCUT2D eigenvalue weighted by molar-refractivity contribution is 7.16. The van der Waals surface area contributed by atoms with Gasteiger partial charge in [-0.1, -0.05) is 19.9 Å². The Morgan fingerprint density at radius 3 is 2.58 bits per heavy atom. The maximum atomic E-state index is 12.2. The molecule has 2 N–H and O–H groups in total. The fourth-order valence-corrected chi connectivity index (χ4v) is 3.52. The Hall–Kier alpha value is -3.33. The summed E-state index contributed by atoms with van der Waals surface area (Å²) >= 11 is 1.28. The summed E-state index contributed by atoms with van der Waals surface area (Å²) in [4.78, 5) is 37.2. The quantitative estimate of drug-likeness (QED) is 0.442. The Morgan fingerprint density at radius 1 is 1.19 bits per heavy atom. The molecule has 1 aromatic heterocycles. The van der Waals surface area contributed by atoms with Crippen molar-refractivity contribution in [3.05, 3.63) is 46.3 Å². The van der Waals surface area contributed by atoms with E-state index < -0.39 is 24.5 Å². The summed E-state index contributed by atoms with van der Waals surface area (Å²) in [5.74, 6) is -1.40. The number of hydrogen-bond donors (Lipinski definition) is 2. The van der Waals surface area contributed by atoms with Crippen LogP contribution in [0.4, 0.5) is 5.00 Å². The molecule has 0 bridgehead atoms. The van der Waals surface area contributed by atoms with E-state index in [1.54, 1.807) is 25.1 Å². The molecule has 0 fully saturated rings. The van der Waals surface area contributed by atoms with E-state index in [-0.39, 0.29) is 29.6 Å². The topological polar surface area (TPSA) is 111 Å². The first-order valence-corrected chi connectivity index (χ1v) is 10.4. The van der Waals surface area contributed by atoms with Crippen molar-refractivity contribution in [2.45, 2.75) is 26.7 Å². The third-order valence-corrected chi connectivity index (χ3v) is 5.38. The molecule has 1 aromatic carbocycles. The second kappa shape index (κ2) is 11.2. The number of amides is 1. The smallest absolute Gasteiger partial charge is 0.341 e. The first-order chi connectivity index (χ1) is 14.7. The van der Waals surface area contributed by atoms with Crippen LogP contribution in [0.1, 0.15) is 47.5 Å². The van der Waals surface area contributed by atoms with E-state index in [0.29, 0.717) is 10.6 Å². The third kappa shape index (κ3) is 6.85. The van der Waals surface area contributed by atoms with Crippen LogP contribution in [-0.4, -0.2) is 43.3 Å². The van der Waals surface area contributed by atoms with Gasteiger partial charge in [0.25, 0.3) is 5.91 Å². The summed E-state index contributed by atoms with van der Waals surface area (Å²) in [5.41, 5.74) is 0.881. The standard InChI is InChI=1S/C22H25NO7S/c1-5-29-22(27)15-11-18(13(2)3)31-21(15)23-19(25)12-30-20(26)9-7-14-6-8-16(24)17(10-14)28-4/h6-11,13,24H,5,12H2,1-4H3,(H,23,25)/b9-7+. The van der Waals surface area contributed by atoms with Crippen LogP contribution in [0.5, 0.6) is 11.5 Å². The number of carbonyl (C=O) groups is 3. The number of ether oxygens (including phenoxy) is 3. The van der Waals surface area contributed by atoms with Gasteiger partial charge in [0.15, 0.2) is 18.1 Å². The molecule has 8 nitrogen and oxygen atoms in total. The van der Waals surface area contributed by atoms with Gasteiger partial charge in [0.1, 0.15) is 5.00 Å². The number of benzene rings is 1. The van der Waals surface area contributed by atoms with E-state index in [1.807, 2.05) is 13.8 Å². The summed E-state index contributed by atoms with van der Waals surface area (Å²) in [5, 5.41) is 12.5. The molecule has 0 saturated heterocycles. The van der Waals surface area contributed by atoms with Gasteiger partial charge in [-0.3, -0.25) is 4.79 Å². The van der Waals surface area contributed by atoms with Gasteiger partial charge >= 0.3 is 11.9 Å². The molecule has 0 saturated carbocycles. The van der Waals surface area contributed by atoms with Crippen LogP contribution in [0.3, 0.4) is 0 Å². The lowest BCUT2D eigenvalue weighted by molar-refractivity contribution is -0.142. The van der Waals surface area contributed by atoms with E-state index in [0.717, 1.165) is 11.0 Å². The summed E-state index contributed by atoms with van der Waals surface area (Å²) < 4.78 is 15.0. The van der Waals surface area contributed by atoms with E-state index in [9.17, 15) is 19.5 Å². The maximum absolute atomic E-state index is 12.2. The van der Waals surface area contributed by atoms with Crippen LogP contribution in [0.25, 0.3) is 6.08 Å².